The third-order valence-electron chi connectivity index (χ3n) is 4.15. The van der Waals surface area contributed by atoms with Gasteiger partial charge in [-0.3, -0.25) is 0 Å². The van der Waals surface area contributed by atoms with E-state index >= 15 is 0 Å². The number of hydrogen-bond acceptors (Lipinski definition) is 2. The normalized spacial score (nSPS) is 14.3. The molecular weight excluding hydrogens is 319 g/mol. The summed E-state index contributed by atoms with van der Waals surface area (Å²) >= 11 is 0. The van der Waals surface area contributed by atoms with Crippen molar-refractivity contribution in [3.05, 3.63) is 35.4 Å². The number of rotatable bonds is 3. The molecule has 0 bridgehead atoms. The highest BCUT2D eigenvalue weighted by Crippen LogP contribution is 2.37. The Morgan fingerprint density at radius 2 is 2.08 bits per heavy atom. The van der Waals surface area contributed by atoms with Gasteiger partial charge in [-0.25, -0.2) is 9.55 Å². The largest absolute Gasteiger partial charge is 0.487 e. The molecular formula is C17H19F3N3O+. The van der Waals surface area contributed by atoms with Crippen molar-refractivity contribution in [3.63, 3.8) is 0 Å². The van der Waals surface area contributed by atoms with Crippen LogP contribution in [-0.2, 0) is 20.5 Å². The van der Waals surface area contributed by atoms with Crippen LogP contribution in [0.4, 0.5) is 13.2 Å². The molecule has 0 amide bonds. The zero-order chi connectivity index (χ0) is 17.5. The van der Waals surface area contributed by atoms with Crippen LogP contribution in [0.2, 0.25) is 0 Å². The van der Waals surface area contributed by atoms with Gasteiger partial charge in [0.05, 0.1) is 17.9 Å². The maximum absolute atomic E-state index is 12.9. The smallest absolute Gasteiger partial charge is 0.412 e. The highest BCUT2D eigenvalue weighted by molar-refractivity contribution is 5.67. The Hall–Kier alpha value is -2.31. The van der Waals surface area contributed by atoms with Crippen LogP contribution in [0.1, 0.15) is 24.7 Å². The maximum Gasteiger partial charge on any atom is 0.412 e. The topological polar surface area (TPSA) is 30.9 Å². The summed E-state index contributed by atoms with van der Waals surface area (Å²) in [4.78, 5) is 4.45. The lowest BCUT2D eigenvalue weighted by atomic mass is 10.00. The van der Waals surface area contributed by atoms with Crippen LogP contribution in [0.3, 0.4) is 0 Å². The molecule has 2 aromatic rings. The molecule has 0 spiro atoms. The van der Waals surface area contributed by atoms with Gasteiger partial charge in [-0.05, 0) is 25.8 Å². The standard InChI is InChI=1S/C17H19F3N3O/c1-4-24-15-10-22(2)8-7-12(15)16-21-13-9-11(17(18,19)20)5-6-14(13)23(16)3/h7-10H,4-6H2,1-3H3/q+1. The van der Waals surface area contributed by atoms with Gasteiger partial charge in [-0.2, -0.15) is 13.2 Å². The lowest BCUT2D eigenvalue weighted by Gasteiger charge is -2.16. The fourth-order valence-corrected chi connectivity index (χ4v) is 2.95. The number of allylic oxidation sites excluding steroid dienone is 1. The Kier molecular flexibility index (Phi) is 4.11. The molecule has 0 N–H and O–H groups in total. The molecule has 4 nitrogen and oxygen atoms in total. The number of aryl methyl sites for hydroxylation is 1. The van der Waals surface area contributed by atoms with Crippen LogP contribution in [0.25, 0.3) is 17.5 Å². The summed E-state index contributed by atoms with van der Waals surface area (Å²) in [5.41, 5.74) is 1.45. The van der Waals surface area contributed by atoms with Crippen molar-refractivity contribution in [1.82, 2.24) is 9.55 Å². The number of halogens is 3. The SMILES string of the molecule is CCOc1c[n+](C)ccc1-c1nc2c(n1C)CCC(C(F)(F)F)=C2. The van der Waals surface area contributed by atoms with E-state index in [9.17, 15) is 13.2 Å². The van der Waals surface area contributed by atoms with Crippen molar-refractivity contribution in [3.8, 4) is 17.1 Å². The van der Waals surface area contributed by atoms with Crippen LogP contribution in [0.5, 0.6) is 5.75 Å². The number of imidazole rings is 1. The molecule has 0 unspecified atom stereocenters. The molecule has 2 heterocycles. The van der Waals surface area contributed by atoms with Crippen LogP contribution in [-0.4, -0.2) is 22.3 Å². The first kappa shape index (κ1) is 16.5. The second kappa shape index (κ2) is 5.96. The monoisotopic (exact) mass is 338 g/mol. The molecule has 2 aromatic heterocycles. The molecule has 0 radical (unpaired) electrons. The highest BCUT2D eigenvalue weighted by atomic mass is 19.4. The molecule has 1 aliphatic carbocycles. The molecule has 0 atom stereocenters. The van der Waals surface area contributed by atoms with Gasteiger partial charge in [0.15, 0.2) is 11.9 Å². The number of fused-ring (bicyclic) bond motifs is 1. The summed E-state index contributed by atoms with van der Waals surface area (Å²) in [7, 11) is 3.71. The Morgan fingerprint density at radius 3 is 2.75 bits per heavy atom. The second-order valence-corrected chi connectivity index (χ2v) is 5.81. The van der Waals surface area contributed by atoms with Crippen molar-refractivity contribution in [2.75, 3.05) is 6.61 Å². The summed E-state index contributed by atoms with van der Waals surface area (Å²) in [5.74, 6) is 1.27. The average Bonchev–Trinajstić information content (AvgIpc) is 2.83. The van der Waals surface area contributed by atoms with Crippen molar-refractivity contribution in [1.29, 1.82) is 0 Å². The molecule has 7 heteroatoms. The number of nitrogens with zero attached hydrogens (tertiary/aromatic N) is 3. The first-order valence-corrected chi connectivity index (χ1v) is 7.77. The molecule has 3 rings (SSSR count). The van der Waals surface area contributed by atoms with Crippen LogP contribution in [0, 0.1) is 0 Å². The first-order chi connectivity index (χ1) is 11.3. The predicted molar refractivity (Wildman–Crippen MR) is 83.3 cm³/mol. The fraction of sp³-hybridized carbons (Fsp3) is 0.412. The van der Waals surface area contributed by atoms with E-state index < -0.39 is 11.7 Å². The van der Waals surface area contributed by atoms with Gasteiger partial charge < -0.3 is 9.30 Å². The zero-order valence-corrected chi connectivity index (χ0v) is 13.8. The molecule has 128 valence electrons. The Morgan fingerprint density at radius 1 is 1.33 bits per heavy atom. The Bertz CT molecular complexity index is 806. The summed E-state index contributed by atoms with van der Waals surface area (Å²) in [6.45, 7) is 2.39. The fourth-order valence-electron chi connectivity index (χ4n) is 2.95. The van der Waals surface area contributed by atoms with Gasteiger partial charge >= 0.3 is 6.18 Å². The third-order valence-corrected chi connectivity index (χ3v) is 4.15. The quantitative estimate of drug-likeness (QED) is 0.805. The van der Waals surface area contributed by atoms with E-state index in [-0.39, 0.29) is 6.42 Å². The van der Waals surface area contributed by atoms with E-state index in [1.165, 1.54) is 0 Å². The number of hydrogen-bond donors (Lipinski definition) is 0. The highest BCUT2D eigenvalue weighted by Gasteiger charge is 2.36. The number of aromatic nitrogens is 3. The molecule has 0 saturated heterocycles. The van der Waals surface area contributed by atoms with Gasteiger partial charge in [-0.15, -0.1) is 0 Å². The zero-order valence-electron chi connectivity index (χ0n) is 13.8. The summed E-state index contributed by atoms with van der Waals surface area (Å²) in [6.07, 6.45) is 0.871. The third kappa shape index (κ3) is 2.90. The molecule has 0 saturated carbocycles. The van der Waals surface area contributed by atoms with Crippen molar-refractivity contribution in [2.24, 2.45) is 14.1 Å². The number of pyridine rings is 1. The molecule has 1 aliphatic rings. The molecule has 24 heavy (non-hydrogen) atoms. The number of ether oxygens (including phenoxy) is 1. The van der Waals surface area contributed by atoms with E-state index in [1.54, 1.807) is 0 Å². The minimum Gasteiger partial charge on any atom is -0.487 e. The second-order valence-electron chi connectivity index (χ2n) is 5.81. The van der Waals surface area contributed by atoms with E-state index in [2.05, 4.69) is 4.98 Å². The van der Waals surface area contributed by atoms with Gasteiger partial charge in [0.2, 0.25) is 6.20 Å². The number of alkyl halides is 3. The minimum atomic E-state index is -4.30. The van der Waals surface area contributed by atoms with Crippen LogP contribution >= 0.6 is 0 Å². The van der Waals surface area contributed by atoms with E-state index in [0.29, 0.717) is 30.3 Å². The minimum absolute atomic E-state index is 0.0163. The summed E-state index contributed by atoms with van der Waals surface area (Å²) in [5, 5.41) is 0. The average molecular weight is 338 g/mol. The maximum atomic E-state index is 12.9. The predicted octanol–water partition coefficient (Wildman–Crippen LogP) is 3.20. The molecule has 0 aliphatic heterocycles. The lowest BCUT2D eigenvalue weighted by molar-refractivity contribution is -0.671. The Labute approximate surface area is 138 Å². The van der Waals surface area contributed by atoms with Gasteiger partial charge in [0, 0.05) is 24.4 Å². The van der Waals surface area contributed by atoms with Gasteiger partial charge in [0.25, 0.3) is 0 Å². The van der Waals surface area contributed by atoms with Crippen molar-refractivity contribution >= 4 is 6.08 Å². The summed E-state index contributed by atoms with van der Waals surface area (Å²) in [6, 6.07) is 1.87. The first-order valence-electron chi connectivity index (χ1n) is 7.77. The molecule has 0 aromatic carbocycles. The van der Waals surface area contributed by atoms with Crippen LogP contribution in [0.15, 0.2) is 24.0 Å². The van der Waals surface area contributed by atoms with Crippen LogP contribution < -0.4 is 9.30 Å². The summed E-state index contributed by atoms with van der Waals surface area (Å²) < 4.78 is 48.2. The molecule has 0 fully saturated rings. The van der Waals surface area contributed by atoms with Gasteiger partial charge in [0.1, 0.15) is 12.9 Å². The van der Waals surface area contributed by atoms with Crippen molar-refractivity contribution < 1.29 is 22.5 Å². The van der Waals surface area contributed by atoms with E-state index in [4.69, 9.17) is 4.74 Å². The Balaban J connectivity index is 2.10. The van der Waals surface area contributed by atoms with E-state index in [0.717, 1.165) is 17.3 Å². The van der Waals surface area contributed by atoms with Gasteiger partial charge in [-0.1, -0.05) is 0 Å². The van der Waals surface area contributed by atoms with Crippen molar-refractivity contribution in [2.45, 2.75) is 25.9 Å². The lowest BCUT2D eigenvalue weighted by Crippen LogP contribution is -2.26. The van der Waals surface area contributed by atoms with E-state index in [1.807, 2.05) is 48.6 Å².